The highest BCUT2D eigenvalue weighted by molar-refractivity contribution is 7.09. The number of hydrogen-bond donors (Lipinski definition) is 1. The quantitative estimate of drug-likeness (QED) is 0.772. The van der Waals surface area contributed by atoms with Gasteiger partial charge in [0.05, 0.1) is 18.2 Å². The number of piperidine rings is 1. The number of rotatable bonds is 4. The van der Waals surface area contributed by atoms with Crippen molar-refractivity contribution in [3.63, 3.8) is 0 Å². The molecular weight excluding hydrogens is 338 g/mol. The minimum atomic E-state index is -0.0427. The average molecular weight is 357 g/mol. The van der Waals surface area contributed by atoms with E-state index in [0.717, 1.165) is 36.3 Å². The average Bonchev–Trinajstić information content (AvgIpc) is 3.30. The summed E-state index contributed by atoms with van der Waals surface area (Å²) in [4.78, 5) is 24.4. The van der Waals surface area contributed by atoms with E-state index < -0.39 is 0 Å². The molecule has 130 valence electrons. The van der Waals surface area contributed by atoms with Crippen LogP contribution >= 0.6 is 11.3 Å². The highest BCUT2D eigenvalue weighted by Gasteiger charge is 2.28. The van der Waals surface area contributed by atoms with Crippen molar-refractivity contribution in [1.82, 2.24) is 20.4 Å². The fourth-order valence-electron chi connectivity index (χ4n) is 3.26. The highest BCUT2D eigenvalue weighted by atomic mass is 32.1. The van der Waals surface area contributed by atoms with Crippen LogP contribution in [0, 0.1) is 12.8 Å². The lowest BCUT2D eigenvalue weighted by atomic mass is 9.97. The van der Waals surface area contributed by atoms with Gasteiger partial charge in [-0.2, -0.15) is 4.98 Å². The van der Waals surface area contributed by atoms with Gasteiger partial charge in [-0.25, -0.2) is 4.98 Å². The van der Waals surface area contributed by atoms with Gasteiger partial charge >= 0.3 is 0 Å². The van der Waals surface area contributed by atoms with Crippen LogP contribution in [-0.4, -0.2) is 34.1 Å². The second-order valence-corrected chi connectivity index (χ2v) is 7.26. The molecule has 0 unspecified atom stereocenters. The van der Waals surface area contributed by atoms with Crippen molar-refractivity contribution in [3.8, 4) is 0 Å². The van der Waals surface area contributed by atoms with Gasteiger partial charge < -0.3 is 14.7 Å². The van der Waals surface area contributed by atoms with Gasteiger partial charge in [0.1, 0.15) is 17.5 Å². The van der Waals surface area contributed by atoms with E-state index in [9.17, 15) is 4.79 Å². The molecule has 0 radical (unpaired) electrons. The molecule has 1 aliphatic heterocycles. The van der Waals surface area contributed by atoms with Gasteiger partial charge in [0.15, 0.2) is 0 Å². The Morgan fingerprint density at radius 2 is 2.40 bits per heavy atom. The Balaban J connectivity index is 1.48. The Hall–Kier alpha value is -2.48. The second-order valence-electron chi connectivity index (χ2n) is 6.23. The largest absolute Gasteiger partial charge is 0.355 e. The predicted molar refractivity (Wildman–Crippen MR) is 95.4 cm³/mol. The summed E-state index contributed by atoms with van der Waals surface area (Å²) in [7, 11) is 0. The number of carbonyl (C=O) groups is 1. The molecule has 1 atom stereocenters. The van der Waals surface area contributed by atoms with Crippen molar-refractivity contribution >= 4 is 34.2 Å². The van der Waals surface area contributed by atoms with Crippen molar-refractivity contribution in [1.29, 1.82) is 0 Å². The number of nitrogens with zero attached hydrogens (tertiary/aromatic N) is 4. The molecule has 0 spiro atoms. The fourth-order valence-corrected chi connectivity index (χ4v) is 3.90. The number of fused-ring (bicyclic) bond motifs is 1. The predicted octanol–water partition coefficient (Wildman–Crippen LogP) is 2.52. The van der Waals surface area contributed by atoms with Gasteiger partial charge in [0, 0.05) is 18.0 Å². The number of aryl methyl sites for hydroxylation is 1. The standard InChI is InChI=1S/C17H19N5O2S/c1-11-14-15(19-10-20-17(14)24-21-11)22-6-2-4-12(9-22)16(23)18-8-13-5-3-7-25-13/h3,5,7,10,12H,2,4,6,8-9H2,1H3,(H,18,23)/t12-/m1/s1. The molecular formula is C17H19N5O2S. The van der Waals surface area contributed by atoms with Crippen LogP contribution in [0.1, 0.15) is 23.4 Å². The van der Waals surface area contributed by atoms with Crippen LogP contribution in [0.25, 0.3) is 11.1 Å². The van der Waals surface area contributed by atoms with E-state index in [1.54, 1.807) is 11.3 Å². The van der Waals surface area contributed by atoms with Crippen molar-refractivity contribution in [2.24, 2.45) is 5.92 Å². The van der Waals surface area contributed by atoms with E-state index in [1.807, 2.05) is 24.4 Å². The summed E-state index contributed by atoms with van der Waals surface area (Å²) in [5.74, 6) is 0.865. The van der Waals surface area contributed by atoms with Gasteiger partial charge in [0.25, 0.3) is 5.71 Å². The van der Waals surface area contributed by atoms with Gasteiger partial charge in [0.2, 0.25) is 5.91 Å². The van der Waals surface area contributed by atoms with Crippen LogP contribution in [0.5, 0.6) is 0 Å². The lowest BCUT2D eigenvalue weighted by Crippen LogP contribution is -2.43. The minimum Gasteiger partial charge on any atom is -0.355 e. The number of anilines is 1. The Bertz CT molecular complexity index is 876. The lowest BCUT2D eigenvalue weighted by Gasteiger charge is -2.33. The lowest BCUT2D eigenvalue weighted by molar-refractivity contribution is -0.125. The molecule has 4 heterocycles. The normalized spacial score (nSPS) is 17.8. The van der Waals surface area contributed by atoms with Gasteiger partial charge in [-0.3, -0.25) is 4.79 Å². The number of nitrogens with one attached hydrogen (secondary N) is 1. The van der Waals surface area contributed by atoms with Gasteiger partial charge in [-0.1, -0.05) is 11.2 Å². The number of hydrogen-bond acceptors (Lipinski definition) is 7. The molecule has 0 saturated carbocycles. The first-order valence-electron chi connectivity index (χ1n) is 8.34. The topological polar surface area (TPSA) is 84.2 Å². The molecule has 1 amide bonds. The van der Waals surface area contributed by atoms with Crippen molar-refractivity contribution < 1.29 is 9.32 Å². The van der Waals surface area contributed by atoms with Crippen LogP contribution < -0.4 is 10.2 Å². The number of thiophene rings is 1. The van der Waals surface area contributed by atoms with Gasteiger partial charge in [-0.05, 0) is 31.2 Å². The first-order valence-corrected chi connectivity index (χ1v) is 9.22. The first kappa shape index (κ1) is 16.0. The molecule has 7 nitrogen and oxygen atoms in total. The number of aromatic nitrogens is 3. The molecule has 25 heavy (non-hydrogen) atoms. The number of carbonyl (C=O) groups excluding carboxylic acids is 1. The minimum absolute atomic E-state index is 0.0427. The van der Waals surface area contributed by atoms with Gasteiger partial charge in [-0.15, -0.1) is 11.3 Å². The smallest absolute Gasteiger partial charge is 0.263 e. The maximum absolute atomic E-state index is 12.6. The molecule has 0 aliphatic carbocycles. The van der Waals surface area contributed by atoms with E-state index >= 15 is 0 Å². The van der Waals surface area contributed by atoms with E-state index in [2.05, 4.69) is 25.3 Å². The maximum Gasteiger partial charge on any atom is 0.263 e. The zero-order chi connectivity index (χ0) is 17.2. The molecule has 1 aliphatic rings. The van der Waals surface area contributed by atoms with Crippen molar-refractivity contribution in [3.05, 3.63) is 34.4 Å². The second kappa shape index (κ2) is 6.79. The van der Waals surface area contributed by atoms with Crippen LogP contribution in [-0.2, 0) is 11.3 Å². The summed E-state index contributed by atoms with van der Waals surface area (Å²) < 4.78 is 5.23. The molecule has 0 bridgehead atoms. The Labute approximate surface area is 149 Å². The van der Waals surface area contributed by atoms with Crippen LogP contribution in [0.15, 0.2) is 28.4 Å². The summed E-state index contributed by atoms with van der Waals surface area (Å²) >= 11 is 1.65. The third-order valence-corrected chi connectivity index (χ3v) is 5.41. The molecule has 4 rings (SSSR count). The molecule has 1 fully saturated rings. The molecule has 1 N–H and O–H groups in total. The molecule has 1 saturated heterocycles. The van der Waals surface area contributed by atoms with Crippen LogP contribution in [0.2, 0.25) is 0 Å². The van der Waals surface area contributed by atoms with Crippen LogP contribution in [0.4, 0.5) is 5.82 Å². The van der Waals surface area contributed by atoms with Crippen molar-refractivity contribution in [2.75, 3.05) is 18.0 Å². The SMILES string of the molecule is Cc1noc2ncnc(N3CCC[C@@H](C(=O)NCc4cccs4)C3)c12. The third-order valence-electron chi connectivity index (χ3n) is 4.53. The van der Waals surface area contributed by atoms with E-state index in [-0.39, 0.29) is 11.8 Å². The highest BCUT2D eigenvalue weighted by Crippen LogP contribution is 2.29. The maximum atomic E-state index is 12.6. The summed E-state index contributed by atoms with van der Waals surface area (Å²) in [5, 5.41) is 9.89. The third kappa shape index (κ3) is 3.21. The van der Waals surface area contributed by atoms with E-state index in [0.29, 0.717) is 18.8 Å². The van der Waals surface area contributed by atoms with E-state index in [1.165, 1.54) is 11.2 Å². The summed E-state index contributed by atoms with van der Waals surface area (Å²) in [6.07, 6.45) is 3.33. The summed E-state index contributed by atoms with van der Waals surface area (Å²) in [6.45, 7) is 3.99. The molecule has 3 aromatic rings. The fraction of sp³-hybridized carbons (Fsp3) is 0.412. The molecule has 0 aromatic carbocycles. The first-order chi connectivity index (χ1) is 12.2. The Morgan fingerprint density at radius 3 is 3.24 bits per heavy atom. The molecule has 3 aromatic heterocycles. The molecule has 8 heteroatoms. The summed E-state index contributed by atoms with van der Waals surface area (Å²) in [6, 6.07) is 4.03. The van der Waals surface area contributed by atoms with Crippen LogP contribution in [0.3, 0.4) is 0 Å². The zero-order valence-corrected chi connectivity index (χ0v) is 14.8. The monoisotopic (exact) mass is 357 g/mol. The number of amides is 1. The van der Waals surface area contributed by atoms with Crippen molar-refractivity contribution in [2.45, 2.75) is 26.3 Å². The Kier molecular flexibility index (Phi) is 4.35. The Morgan fingerprint density at radius 1 is 1.48 bits per heavy atom. The van der Waals surface area contributed by atoms with E-state index in [4.69, 9.17) is 4.52 Å². The zero-order valence-electron chi connectivity index (χ0n) is 13.9. The summed E-state index contributed by atoms with van der Waals surface area (Å²) in [5.41, 5.74) is 1.27.